The second-order valence-electron chi connectivity index (χ2n) is 5.98. The molecule has 2 nitrogen and oxygen atoms in total. The zero-order valence-electron chi connectivity index (χ0n) is 11.9. The zero-order chi connectivity index (χ0) is 13.7. The van der Waals surface area contributed by atoms with Crippen LogP contribution in [0, 0.1) is 0 Å². The van der Waals surface area contributed by atoms with Gasteiger partial charge in [0.1, 0.15) is 0 Å². The number of halogens is 1. The summed E-state index contributed by atoms with van der Waals surface area (Å²) in [5.74, 6) is 0.582. The Hall–Kier alpha value is -0.570. The zero-order valence-corrected chi connectivity index (χ0v) is 12.7. The monoisotopic (exact) mass is 281 g/mol. The topological polar surface area (TPSA) is 12.5 Å². The lowest BCUT2D eigenvalue weighted by atomic mass is 10.0. The molecule has 2 rings (SSSR count). The predicted octanol–water partition coefficient (Wildman–Crippen LogP) is 3.34. The third kappa shape index (κ3) is 4.79. The van der Waals surface area contributed by atoms with E-state index in [1.165, 1.54) is 12.0 Å². The van der Waals surface area contributed by atoms with Gasteiger partial charge in [-0.15, -0.1) is 11.6 Å². The number of aryl methyl sites for hydroxylation is 1. The Kier molecular flexibility index (Phi) is 5.26. The van der Waals surface area contributed by atoms with Crippen LogP contribution in [-0.4, -0.2) is 42.1 Å². The molecular formula is C16H24ClNO. The molecule has 0 bridgehead atoms. The summed E-state index contributed by atoms with van der Waals surface area (Å²) in [6, 6.07) is 10.7. The summed E-state index contributed by atoms with van der Waals surface area (Å²) in [5, 5.41) is 0. The average Bonchev–Trinajstić information content (AvgIpc) is 2.38. The molecule has 19 heavy (non-hydrogen) atoms. The molecule has 1 unspecified atom stereocenters. The van der Waals surface area contributed by atoms with E-state index in [2.05, 4.69) is 49.1 Å². The average molecular weight is 282 g/mol. The van der Waals surface area contributed by atoms with Gasteiger partial charge in [0, 0.05) is 19.0 Å². The Morgan fingerprint density at radius 1 is 1.32 bits per heavy atom. The van der Waals surface area contributed by atoms with Crippen molar-refractivity contribution in [1.29, 1.82) is 0 Å². The lowest BCUT2D eigenvalue weighted by Crippen LogP contribution is -2.53. The first-order valence-corrected chi connectivity index (χ1v) is 7.62. The fourth-order valence-corrected chi connectivity index (χ4v) is 2.98. The second-order valence-corrected chi connectivity index (χ2v) is 6.29. The molecule has 1 aromatic carbocycles. The van der Waals surface area contributed by atoms with Crippen LogP contribution in [0.3, 0.4) is 0 Å². The highest BCUT2D eigenvalue weighted by molar-refractivity contribution is 6.18. The molecule has 0 aliphatic carbocycles. The van der Waals surface area contributed by atoms with Crippen LogP contribution in [0.1, 0.15) is 25.8 Å². The number of hydrogen-bond donors (Lipinski definition) is 0. The Morgan fingerprint density at radius 2 is 2.05 bits per heavy atom. The lowest BCUT2D eigenvalue weighted by molar-refractivity contribution is -0.127. The van der Waals surface area contributed by atoms with Crippen molar-refractivity contribution in [3.05, 3.63) is 35.9 Å². The van der Waals surface area contributed by atoms with Crippen LogP contribution in [0.15, 0.2) is 30.3 Å². The first-order chi connectivity index (χ1) is 9.09. The van der Waals surface area contributed by atoms with Crippen molar-refractivity contribution in [2.75, 3.05) is 25.5 Å². The first-order valence-electron chi connectivity index (χ1n) is 7.09. The Bertz CT molecular complexity index is 380. The molecule has 0 aromatic heterocycles. The molecule has 0 saturated carbocycles. The van der Waals surface area contributed by atoms with Gasteiger partial charge in [-0.2, -0.15) is 0 Å². The van der Waals surface area contributed by atoms with Crippen molar-refractivity contribution in [3.63, 3.8) is 0 Å². The summed E-state index contributed by atoms with van der Waals surface area (Å²) in [6.07, 6.45) is 2.50. The normalized spacial score (nSPS) is 23.4. The van der Waals surface area contributed by atoms with Crippen molar-refractivity contribution in [2.24, 2.45) is 0 Å². The minimum Gasteiger partial charge on any atom is -0.368 e. The van der Waals surface area contributed by atoms with Gasteiger partial charge < -0.3 is 4.74 Å². The van der Waals surface area contributed by atoms with Crippen LogP contribution < -0.4 is 0 Å². The largest absolute Gasteiger partial charge is 0.368 e. The van der Waals surface area contributed by atoms with Gasteiger partial charge in [-0.25, -0.2) is 0 Å². The van der Waals surface area contributed by atoms with E-state index in [1.807, 2.05) is 0 Å². The highest BCUT2D eigenvalue weighted by Crippen LogP contribution is 2.22. The smallest absolute Gasteiger partial charge is 0.0844 e. The molecule has 1 aliphatic heterocycles. The highest BCUT2D eigenvalue weighted by atomic mass is 35.5. The van der Waals surface area contributed by atoms with Crippen LogP contribution in [0.5, 0.6) is 0 Å². The van der Waals surface area contributed by atoms with E-state index in [9.17, 15) is 0 Å². The first kappa shape index (κ1) is 14.8. The van der Waals surface area contributed by atoms with E-state index in [0.29, 0.717) is 5.88 Å². The fraction of sp³-hybridized carbons (Fsp3) is 0.625. The maximum atomic E-state index is 5.95. The van der Waals surface area contributed by atoms with Gasteiger partial charge in [0.15, 0.2) is 0 Å². The fourth-order valence-electron chi connectivity index (χ4n) is 2.82. The molecule has 1 heterocycles. The van der Waals surface area contributed by atoms with E-state index in [-0.39, 0.29) is 11.7 Å². The van der Waals surface area contributed by atoms with Gasteiger partial charge in [-0.05, 0) is 38.8 Å². The van der Waals surface area contributed by atoms with Crippen LogP contribution in [0.25, 0.3) is 0 Å². The summed E-state index contributed by atoms with van der Waals surface area (Å²) in [5.41, 5.74) is 1.34. The molecule has 1 aliphatic rings. The third-order valence-electron chi connectivity index (χ3n) is 3.51. The molecule has 1 aromatic rings. The molecular weight excluding hydrogens is 258 g/mol. The van der Waals surface area contributed by atoms with Gasteiger partial charge in [-0.1, -0.05) is 30.3 Å². The van der Waals surface area contributed by atoms with Crippen molar-refractivity contribution in [1.82, 2.24) is 4.90 Å². The maximum absolute atomic E-state index is 5.95. The van der Waals surface area contributed by atoms with Crippen LogP contribution >= 0.6 is 11.6 Å². The minimum absolute atomic E-state index is 0.0788. The van der Waals surface area contributed by atoms with Crippen LogP contribution in [0.2, 0.25) is 0 Å². The number of benzene rings is 1. The third-order valence-corrected chi connectivity index (χ3v) is 3.85. The van der Waals surface area contributed by atoms with E-state index in [0.717, 1.165) is 26.1 Å². The summed E-state index contributed by atoms with van der Waals surface area (Å²) >= 11 is 5.95. The number of nitrogens with zero attached hydrogens (tertiary/aromatic N) is 1. The van der Waals surface area contributed by atoms with E-state index in [4.69, 9.17) is 16.3 Å². The molecule has 1 fully saturated rings. The number of hydrogen-bond acceptors (Lipinski definition) is 2. The molecule has 106 valence electrons. The van der Waals surface area contributed by atoms with Crippen molar-refractivity contribution >= 4 is 11.6 Å². The van der Waals surface area contributed by atoms with Gasteiger partial charge in [0.25, 0.3) is 0 Å². The van der Waals surface area contributed by atoms with Gasteiger partial charge in [-0.3, -0.25) is 4.90 Å². The number of rotatable bonds is 5. The molecule has 1 saturated heterocycles. The Labute approximate surface area is 121 Å². The van der Waals surface area contributed by atoms with Crippen LogP contribution in [0.4, 0.5) is 0 Å². The maximum Gasteiger partial charge on any atom is 0.0844 e. The van der Waals surface area contributed by atoms with E-state index in [1.54, 1.807) is 0 Å². The Balaban J connectivity index is 1.79. The summed E-state index contributed by atoms with van der Waals surface area (Å²) in [4.78, 5) is 2.49. The molecule has 0 N–H and O–H groups in total. The molecule has 1 atom stereocenters. The van der Waals surface area contributed by atoms with Crippen molar-refractivity contribution in [3.8, 4) is 0 Å². The SMILES string of the molecule is CC1(C)CN(CCCc2ccccc2)CC(CCl)O1. The molecule has 0 spiro atoms. The quantitative estimate of drug-likeness (QED) is 0.768. The van der Waals surface area contributed by atoms with Crippen molar-refractivity contribution in [2.45, 2.75) is 38.4 Å². The molecule has 0 radical (unpaired) electrons. The Morgan fingerprint density at radius 3 is 2.74 bits per heavy atom. The number of ether oxygens (including phenoxy) is 1. The van der Waals surface area contributed by atoms with Crippen molar-refractivity contribution < 1.29 is 4.74 Å². The molecule has 3 heteroatoms. The standard InChI is InChI=1S/C16H24ClNO/c1-16(2)13-18(12-15(11-17)19-16)10-6-9-14-7-4-3-5-8-14/h3-5,7-8,15H,6,9-13H2,1-2H3. The van der Waals surface area contributed by atoms with Crippen LogP contribution in [-0.2, 0) is 11.2 Å². The number of alkyl halides is 1. The summed E-state index contributed by atoms with van der Waals surface area (Å²) in [7, 11) is 0. The lowest BCUT2D eigenvalue weighted by Gasteiger charge is -2.42. The van der Waals surface area contributed by atoms with Gasteiger partial charge >= 0.3 is 0 Å². The second kappa shape index (κ2) is 6.74. The van der Waals surface area contributed by atoms with E-state index < -0.39 is 0 Å². The van der Waals surface area contributed by atoms with Gasteiger partial charge in [0.2, 0.25) is 0 Å². The van der Waals surface area contributed by atoms with E-state index >= 15 is 0 Å². The summed E-state index contributed by atoms with van der Waals surface area (Å²) < 4.78 is 5.94. The minimum atomic E-state index is -0.0788. The summed E-state index contributed by atoms with van der Waals surface area (Å²) in [6.45, 7) is 7.37. The highest BCUT2D eigenvalue weighted by Gasteiger charge is 2.32. The number of morpholine rings is 1. The predicted molar refractivity (Wildman–Crippen MR) is 80.9 cm³/mol. The molecule has 0 amide bonds. The van der Waals surface area contributed by atoms with Gasteiger partial charge in [0.05, 0.1) is 11.7 Å².